The minimum absolute atomic E-state index is 0.0737. The zero-order chi connectivity index (χ0) is 18.6. The highest BCUT2D eigenvalue weighted by Crippen LogP contribution is 2.29. The van der Waals surface area contributed by atoms with E-state index < -0.39 is 0 Å². The third-order valence-corrected chi connectivity index (χ3v) is 5.70. The van der Waals surface area contributed by atoms with E-state index in [1.807, 2.05) is 30.3 Å². The number of benzene rings is 1. The van der Waals surface area contributed by atoms with Gasteiger partial charge in [0.1, 0.15) is 0 Å². The lowest BCUT2D eigenvalue weighted by atomic mass is 10.1. The highest BCUT2D eigenvalue weighted by Gasteiger charge is 2.33. The van der Waals surface area contributed by atoms with Gasteiger partial charge in [-0.1, -0.05) is 25.1 Å². The molecule has 3 heterocycles. The maximum Gasteiger partial charge on any atom is 0.279 e. The zero-order valence-corrected chi connectivity index (χ0v) is 16.1. The maximum absolute atomic E-state index is 12.7. The fourth-order valence-electron chi connectivity index (χ4n) is 3.31. The number of hydrogen-bond acceptors (Lipinski definition) is 6. The minimum Gasteiger partial charge on any atom is -0.378 e. The Balaban J connectivity index is 1.52. The molecule has 0 atom stereocenters. The first-order chi connectivity index (χ1) is 13.3. The van der Waals surface area contributed by atoms with Crippen LogP contribution in [0.1, 0.15) is 23.8 Å². The van der Waals surface area contributed by atoms with Crippen molar-refractivity contribution >= 4 is 39.9 Å². The highest BCUT2D eigenvalue weighted by atomic mass is 32.1. The van der Waals surface area contributed by atoms with Gasteiger partial charge in [-0.15, -0.1) is 16.4 Å². The Morgan fingerprint density at radius 3 is 2.81 bits per heavy atom. The highest BCUT2D eigenvalue weighted by molar-refractivity contribution is 7.17. The fourth-order valence-corrected chi connectivity index (χ4v) is 4.24. The zero-order valence-electron chi connectivity index (χ0n) is 15.3. The Labute approximate surface area is 162 Å². The molecule has 1 amide bonds. The van der Waals surface area contributed by atoms with Gasteiger partial charge in [0, 0.05) is 30.1 Å². The summed E-state index contributed by atoms with van der Waals surface area (Å²) in [5.41, 5.74) is 2.19. The summed E-state index contributed by atoms with van der Waals surface area (Å²) in [4.78, 5) is 17.8. The van der Waals surface area contributed by atoms with Crippen molar-refractivity contribution in [2.75, 3.05) is 42.6 Å². The summed E-state index contributed by atoms with van der Waals surface area (Å²) >= 11 is 1.67. The number of carbonyl (C=O) groups is 1. The standard InChI is InChI=1S/C20H22N4O2S/c1-2-9-24-17-6-4-3-5-16(17)19(20(24)25)22-21-14-15-7-8-18(27-15)23-10-12-26-13-11-23/h3-8,14H,2,9-13H2,1H3/b21-14-,22-19+. The lowest BCUT2D eigenvalue weighted by Crippen LogP contribution is -2.35. The number of para-hydroxylation sites is 1. The van der Waals surface area contributed by atoms with Gasteiger partial charge in [0.05, 0.1) is 30.1 Å². The van der Waals surface area contributed by atoms with E-state index >= 15 is 0 Å². The molecule has 140 valence electrons. The van der Waals surface area contributed by atoms with Crippen molar-refractivity contribution in [3.63, 3.8) is 0 Å². The minimum atomic E-state index is -0.0737. The first-order valence-electron chi connectivity index (χ1n) is 9.22. The molecule has 2 aliphatic heterocycles. The van der Waals surface area contributed by atoms with Crippen molar-refractivity contribution in [2.45, 2.75) is 13.3 Å². The van der Waals surface area contributed by atoms with Crippen molar-refractivity contribution in [3.8, 4) is 0 Å². The van der Waals surface area contributed by atoms with Gasteiger partial charge in [-0.2, -0.15) is 5.10 Å². The summed E-state index contributed by atoms with van der Waals surface area (Å²) < 4.78 is 5.40. The molecule has 0 N–H and O–H groups in total. The molecule has 1 fully saturated rings. The fraction of sp³-hybridized carbons (Fsp3) is 0.350. The molecule has 27 heavy (non-hydrogen) atoms. The number of hydrogen-bond donors (Lipinski definition) is 0. The molecule has 2 aliphatic rings. The van der Waals surface area contributed by atoms with Crippen LogP contribution >= 0.6 is 11.3 Å². The number of nitrogens with zero attached hydrogens (tertiary/aromatic N) is 4. The third kappa shape index (κ3) is 3.65. The third-order valence-electron chi connectivity index (χ3n) is 4.62. The largest absolute Gasteiger partial charge is 0.378 e. The molecule has 7 heteroatoms. The number of morpholine rings is 1. The molecule has 1 saturated heterocycles. The van der Waals surface area contributed by atoms with Crippen molar-refractivity contribution in [3.05, 3.63) is 46.8 Å². The van der Waals surface area contributed by atoms with E-state index in [1.54, 1.807) is 22.5 Å². The second kappa shape index (κ2) is 8.02. The molecule has 0 bridgehead atoms. The topological polar surface area (TPSA) is 57.5 Å². The van der Waals surface area contributed by atoms with Crippen LogP contribution in [-0.4, -0.2) is 50.7 Å². The average Bonchev–Trinajstić information content (AvgIpc) is 3.28. The van der Waals surface area contributed by atoms with Crippen LogP contribution < -0.4 is 9.80 Å². The summed E-state index contributed by atoms with van der Waals surface area (Å²) in [6.45, 7) is 6.11. The van der Waals surface area contributed by atoms with Gasteiger partial charge < -0.3 is 14.5 Å². The predicted molar refractivity (Wildman–Crippen MR) is 111 cm³/mol. The van der Waals surface area contributed by atoms with E-state index in [1.165, 1.54) is 5.00 Å². The summed E-state index contributed by atoms with van der Waals surface area (Å²) in [6, 6.07) is 11.9. The van der Waals surface area contributed by atoms with E-state index in [0.29, 0.717) is 12.3 Å². The molecule has 0 spiro atoms. The van der Waals surface area contributed by atoms with Crippen LogP contribution in [-0.2, 0) is 9.53 Å². The SMILES string of the molecule is CCCN1C(=O)/C(=N/N=C\c2ccc(N3CCOCC3)s2)c2ccccc21. The first-order valence-corrected chi connectivity index (χ1v) is 10.0. The lowest BCUT2D eigenvalue weighted by molar-refractivity contribution is -0.112. The maximum atomic E-state index is 12.7. The van der Waals surface area contributed by atoms with Gasteiger partial charge in [0.25, 0.3) is 5.91 Å². The van der Waals surface area contributed by atoms with Crippen LogP contribution in [0.2, 0.25) is 0 Å². The van der Waals surface area contributed by atoms with Crippen LogP contribution in [0.5, 0.6) is 0 Å². The summed E-state index contributed by atoms with van der Waals surface area (Å²) in [5.74, 6) is -0.0737. The smallest absolute Gasteiger partial charge is 0.279 e. The second-order valence-corrected chi connectivity index (χ2v) is 7.54. The molecule has 1 aromatic carbocycles. The quantitative estimate of drug-likeness (QED) is 0.590. The van der Waals surface area contributed by atoms with Crippen LogP contribution in [0, 0.1) is 0 Å². The molecule has 6 nitrogen and oxygen atoms in total. The number of ether oxygens (including phenoxy) is 1. The van der Waals surface area contributed by atoms with Gasteiger partial charge in [0.2, 0.25) is 0 Å². The summed E-state index contributed by atoms with van der Waals surface area (Å²) in [7, 11) is 0. The molecule has 0 radical (unpaired) electrons. The van der Waals surface area contributed by atoms with E-state index in [4.69, 9.17) is 4.74 Å². The molecule has 1 aromatic heterocycles. The van der Waals surface area contributed by atoms with Crippen LogP contribution in [0.15, 0.2) is 46.6 Å². The molecular weight excluding hydrogens is 360 g/mol. The number of rotatable bonds is 5. The number of carbonyl (C=O) groups excluding carboxylic acids is 1. The lowest BCUT2D eigenvalue weighted by Gasteiger charge is -2.27. The van der Waals surface area contributed by atoms with E-state index in [-0.39, 0.29) is 5.91 Å². The predicted octanol–water partition coefficient (Wildman–Crippen LogP) is 3.16. The molecule has 4 rings (SSSR count). The Morgan fingerprint density at radius 2 is 2.00 bits per heavy atom. The summed E-state index contributed by atoms with van der Waals surface area (Å²) in [6.07, 6.45) is 2.62. The molecular formula is C20H22N4O2S. The number of amides is 1. The van der Waals surface area contributed by atoms with E-state index in [0.717, 1.165) is 48.9 Å². The Bertz CT molecular complexity index is 884. The average molecular weight is 382 g/mol. The van der Waals surface area contributed by atoms with Gasteiger partial charge in [0.15, 0.2) is 5.71 Å². The van der Waals surface area contributed by atoms with Crippen molar-refractivity contribution in [2.24, 2.45) is 10.2 Å². The monoisotopic (exact) mass is 382 g/mol. The van der Waals surface area contributed by atoms with Crippen molar-refractivity contribution in [1.82, 2.24) is 0 Å². The second-order valence-electron chi connectivity index (χ2n) is 6.44. The van der Waals surface area contributed by atoms with Gasteiger partial charge in [-0.05, 0) is 24.6 Å². The van der Waals surface area contributed by atoms with Crippen molar-refractivity contribution in [1.29, 1.82) is 0 Å². The normalized spacial score (nSPS) is 18.7. The Hall–Kier alpha value is -2.51. The van der Waals surface area contributed by atoms with Gasteiger partial charge in [-0.25, -0.2) is 0 Å². The van der Waals surface area contributed by atoms with Gasteiger partial charge in [-0.3, -0.25) is 4.79 Å². The molecule has 0 aliphatic carbocycles. The summed E-state index contributed by atoms with van der Waals surface area (Å²) in [5, 5.41) is 9.68. The van der Waals surface area contributed by atoms with Crippen LogP contribution in [0.4, 0.5) is 10.7 Å². The van der Waals surface area contributed by atoms with Gasteiger partial charge >= 0.3 is 0 Å². The Morgan fingerprint density at radius 1 is 1.19 bits per heavy atom. The van der Waals surface area contributed by atoms with E-state index in [2.05, 4.69) is 28.1 Å². The molecule has 0 unspecified atom stereocenters. The van der Waals surface area contributed by atoms with Crippen molar-refractivity contribution < 1.29 is 9.53 Å². The van der Waals surface area contributed by atoms with Crippen LogP contribution in [0.3, 0.4) is 0 Å². The Kier molecular flexibility index (Phi) is 5.31. The molecule has 0 saturated carbocycles. The van der Waals surface area contributed by atoms with E-state index in [9.17, 15) is 4.79 Å². The molecule has 2 aromatic rings. The van der Waals surface area contributed by atoms with Crippen LogP contribution in [0.25, 0.3) is 0 Å². The number of fused-ring (bicyclic) bond motifs is 1. The number of anilines is 2. The number of thiophene rings is 1. The first kappa shape index (κ1) is 17.9.